The fourth-order valence-electron chi connectivity index (χ4n) is 10.6. The third-order valence-corrected chi connectivity index (χ3v) is 15.4. The molecule has 22 heteroatoms. The second kappa shape index (κ2) is 32.3. The summed E-state index contributed by atoms with van der Waals surface area (Å²) < 4.78 is 30.5. The molecule has 4 amide bonds. The largest absolute Gasteiger partial charge is 0.469 e. The van der Waals surface area contributed by atoms with Crippen LogP contribution in [0.15, 0.2) is 11.6 Å². The number of Topliss-reactive ketones (excluding diaryl/α,β-unsaturated/α-hetero) is 3. The Kier molecular flexibility index (Phi) is 28.8. The molecule has 5 aliphatic heterocycles. The van der Waals surface area contributed by atoms with Gasteiger partial charge in [0.15, 0.2) is 0 Å². The number of likely N-dealkylation sites (tertiary alicyclic amines) is 4. The van der Waals surface area contributed by atoms with E-state index in [0.29, 0.717) is 108 Å². The van der Waals surface area contributed by atoms with Gasteiger partial charge in [-0.05, 0) is 183 Å². The highest BCUT2D eigenvalue weighted by Crippen LogP contribution is 2.45. The van der Waals surface area contributed by atoms with Crippen LogP contribution in [0.3, 0.4) is 0 Å². The number of rotatable bonds is 4. The summed E-state index contributed by atoms with van der Waals surface area (Å²) in [5, 5.41) is 3.34. The number of carbonyl (C=O) groups is 9. The molecule has 5 saturated heterocycles. The highest BCUT2D eigenvalue weighted by atomic mass is 35.5. The standard InChI is InChI=1S/C14H26N2O4.C14H23NO3.C13H21NO4.C10H17NO3.C9H15NO.ClH/c1-13(2,3)20-12(18)16-7-5-14(10-15,6-8-16)9-11(17)19-4;1-13(2,3)18-12(17)15-8-6-14(7-9-15)5-4-11(16)10-14;1-13(2,3)18-12(16)14-7-5-10(6-8-14)9-11(15)17-4;1-10(2,3)14-9(13)11-6-4-8(12)5-7-11;11-8-1-2-9(7-8)3-5-10-6-4-9;/h5-10,15H2,1-4H3;4-10H2,1-3H3;9H,5-8H2,1-4H3;4-7H2,1-3H3;10H,1-7H2;1H. The normalized spacial score (nSPS) is 20.3. The number of nitrogens with zero attached hydrogens (tertiary/aromatic N) is 4. The van der Waals surface area contributed by atoms with E-state index in [0.717, 1.165) is 83.1 Å². The van der Waals surface area contributed by atoms with E-state index >= 15 is 0 Å². The number of hydrogen-bond donors (Lipinski definition) is 2. The number of carbonyl (C=O) groups excluding carboxylic acids is 9. The molecule has 3 N–H and O–H groups in total. The molecule has 0 aromatic rings. The van der Waals surface area contributed by atoms with Gasteiger partial charge < -0.3 is 59.1 Å². The van der Waals surface area contributed by atoms with Crippen molar-refractivity contribution in [3.8, 4) is 0 Å². The van der Waals surface area contributed by atoms with Crippen molar-refractivity contribution in [1.82, 2.24) is 24.9 Å². The van der Waals surface area contributed by atoms with Crippen LogP contribution in [0.5, 0.6) is 0 Å². The van der Waals surface area contributed by atoms with Gasteiger partial charge in [0.05, 0.1) is 20.6 Å². The van der Waals surface area contributed by atoms with Gasteiger partial charge in [0, 0.05) is 97.0 Å². The minimum absolute atomic E-state index is 0. The molecular weight excluding hydrogens is 1080 g/mol. The Hall–Kier alpha value is -5.02. The molecule has 2 spiro atoms. The molecule has 0 radical (unpaired) electrons. The first-order valence-corrected chi connectivity index (χ1v) is 29.2. The van der Waals surface area contributed by atoms with E-state index < -0.39 is 22.4 Å². The summed E-state index contributed by atoms with van der Waals surface area (Å²) in [5.74, 6) is 0.523. The molecule has 0 aromatic heterocycles. The molecule has 0 atom stereocenters. The first-order chi connectivity index (χ1) is 37.5. The first-order valence-electron chi connectivity index (χ1n) is 29.2. The number of methoxy groups -OCH3 is 2. The summed E-state index contributed by atoms with van der Waals surface area (Å²) in [6, 6.07) is 0. The predicted octanol–water partition coefficient (Wildman–Crippen LogP) is 9.52. The Labute approximate surface area is 495 Å². The van der Waals surface area contributed by atoms with Crippen LogP contribution in [-0.4, -0.2) is 182 Å². The average molecular weight is 1180 g/mol. The smallest absolute Gasteiger partial charge is 0.410 e. The predicted molar refractivity (Wildman–Crippen MR) is 313 cm³/mol. The van der Waals surface area contributed by atoms with E-state index in [4.69, 9.17) is 29.4 Å². The Morgan fingerprint density at radius 1 is 0.476 bits per heavy atom. The van der Waals surface area contributed by atoms with Gasteiger partial charge in [-0.1, -0.05) is 5.57 Å². The highest BCUT2D eigenvalue weighted by Gasteiger charge is 2.43. The summed E-state index contributed by atoms with van der Waals surface area (Å²) in [6.07, 6.45) is 14.0. The lowest BCUT2D eigenvalue weighted by Gasteiger charge is -2.40. The fourth-order valence-corrected chi connectivity index (χ4v) is 10.6. The van der Waals surface area contributed by atoms with Gasteiger partial charge in [-0.2, -0.15) is 0 Å². The van der Waals surface area contributed by atoms with Gasteiger partial charge in [-0.25, -0.2) is 24.0 Å². The van der Waals surface area contributed by atoms with Crippen LogP contribution in [0.4, 0.5) is 19.2 Å². The van der Waals surface area contributed by atoms with E-state index in [9.17, 15) is 43.2 Å². The van der Waals surface area contributed by atoms with Crippen molar-refractivity contribution in [2.24, 2.45) is 22.0 Å². The van der Waals surface area contributed by atoms with E-state index in [1.54, 1.807) is 19.6 Å². The number of piperidine rings is 5. The average Bonchev–Trinajstić information content (AvgIpc) is 4.01. The third kappa shape index (κ3) is 27.1. The molecule has 7 rings (SSSR count). The van der Waals surface area contributed by atoms with Gasteiger partial charge in [0.2, 0.25) is 0 Å². The van der Waals surface area contributed by atoms with E-state index in [2.05, 4.69) is 10.1 Å². The van der Waals surface area contributed by atoms with E-state index in [1.165, 1.54) is 33.1 Å². The molecule has 7 aliphatic rings. The monoisotopic (exact) mass is 1180 g/mol. The van der Waals surface area contributed by atoms with Gasteiger partial charge >= 0.3 is 36.3 Å². The van der Waals surface area contributed by atoms with Crippen LogP contribution >= 0.6 is 12.4 Å². The van der Waals surface area contributed by atoms with Crippen molar-refractivity contribution >= 4 is 66.1 Å². The van der Waals surface area contributed by atoms with Crippen LogP contribution in [0.25, 0.3) is 0 Å². The maximum absolute atomic E-state index is 12.0. The Morgan fingerprint density at radius 3 is 1.13 bits per heavy atom. The number of hydrogen-bond acceptors (Lipinski definition) is 17. The molecule has 5 heterocycles. The Morgan fingerprint density at radius 2 is 0.817 bits per heavy atom. The van der Waals surface area contributed by atoms with Crippen LogP contribution in [0.2, 0.25) is 0 Å². The van der Waals surface area contributed by atoms with Crippen molar-refractivity contribution in [2.75, 3.05) is 86.2 Å². The van der Waals surface area contributed by atoms with Crippen LogP contribution in [0.1, 0.15) is 192 Å². The minimum atomic E-state index is -0.495. The molecule has 0 bridgehead atoms. The SMILES string of the molecule is CC(C)(C)OC(=O)N1CCC(=O)CC1.CC(C)(C)OC(=O)N1CCC2(CCC(=O)C2)CC1.COC(=O)C=C1CCN(C(=O)OC(C)(C)C)CC1.COC(=O)CC1(CN)CCN(C(=O)OC(C)(C)C)CC1.Cl.O=C1CCC2(CCNCC2)C1. The van der Waals surface area contributed by atoms with Crippen molar-refractivity contribution in [3.63, 3.8) is 0 Å². The Bertz CT molecular complexity index is 2150. The van der Waals surface area contributed by atoms with Crippen LogP contribution in [-0.2, 0) is 52.4 Å². The molecule has 0 unspecified atom stereocenters. The lowest BCUT2D eigenvalue weighted by molar-refractivity contribution is -0.144. The van der Waals surface area contributed by atoms with Gasteiger partial charge in [0.1, 0.15) is 39.8 Å². The van der Waals surface area contributed by atoms with Gasteiger partial charge in [-0.3, -0.25) is 19.2 Å². The number of ketones is 3. The highest BCUT2D eigenvalue weighted by molar-refractivity contribution is 5.85. The minimum Gasteiger partial charge on any atom is -0.469 e. The zero-order valence-corrected chi connectivity index (χ0v) is 53.1. The maximum atomic E-state index is 12.0. The molecule has 2 aliphatic carbocycles. The van der Waals surface area contributed by atoms with Gasteiger partial charge in [-0.15, -0.1) is 12.4 Å². The van der Waals surface area contributed by atoms with E-state index in [-0.39, 0.29) is 65.3 Å². The van der Waals surface area contributed by atoms with Crippen LogP contribution < -0.4 is 11.1 Å². The molecule has 21 nitrogen and oxygen atoms in total. The summed E-state index contributed by atoms with van der Waals surface area (Å²) >= 11 is 0. The molecule has 2 saturated carbocycles. The van der Waals surface area contributed by atoms with Crippen LogP contribution in [0, 0.1) is 16.2 Å². The molecule has 7 fully saturated rings. The third-order valence-electron chi connectivity index (χ3n) is 15.4. The Balaban J connectivity index is 0.000000353. The molecule has 82 heavy (non-hydrogen) atoms. The summed E-state index contributed by atoms with van der Waals surface area (Å²) in [4.78, 5) is 110. The quantitative estimate of drug-likeness (QED) is 0.151. The molecule has 0 aromatic carbocycles. The summed E-state index contributed by atoms with van der Waals surface area (Å²) in [7, 11) is 2.73. The molecule has 470 valence electrons. The lowest BCUT2D eigenvalue weighted by atomic mass is 9.76. The second-order valence-corrected chi connectivity index (χ2v) is 26.9. The van der Waals surface area contributed by atoms with Crippen molar-refractivity contribution in [2.45, 2.75) is 215 Å². The van der Waals surface area contributed by atoms with Crippen molar-refractivity contribution in [1.29, 1.82) is 0 Å². The second-order valence-electron chi connectivity index (χ2n) is 26.9. The number of nitrogens with two attached hydrogens (primary N) is 1. The topological polar surface area (TPSA) is 260 Å². The summed E-state index contributed by atoms with van der Waals surface area (Å²) in [6.45, 7) is 29.6. The van der Waals surface area contributed by atoms with Crippen molar-refractivity contribution in [3.05, 3.63) is 11.6 Å². The zero-order valence-electron chi connectivity index (χ0n) is 52.3. The summed E-state index contributed by atoms with van der Waals surface area (Å²) in [5.41, 5.74) is 5.34. The van der Waals surface area contributed by atoms with E-state index in [1.807, 2.05) is 83.1 Å². The van der Waals surface area contributed by atoms with Gasteiger partial charge in [0.25, 0.3) is 0 Å². The maximum Gasteiger partial charge on any atom is 0.410 e. The number of amides is 4. The lowest BCUT2D eigenvalue weighted by Crippen LogP contribution is -2.48. The fraction of sp³-hybridized carbons (Fsp3) is 0.817. The number of esters is 2. The number of halogens is 1. The first kappa shape index (κ1) is 73.1. The molecular formula is C60H103ClN6O15. The number of nitrogens with one attached hydrogen (secondary N) is 1. The zero-order chi connectivity index (χ0) is 61.0. The van der Waals surface area contributed by atoms with Crippen molar-refractivity contribution < 1.29 is 71.6 Å². The number of ether oxygens (including phenoxy) is 6.